The molecule has 0 N–H and O–H groups in total. The molecule has 190 valence electrons. The van der Waals surface area contributed by atoms with E-state index in [1.54, 1.807) is 0 Å². The fourth-order valence-corrected chi connectivity index (χ4v) is 4.09. The first-order chi connectivity index (χ1) is 18.7. The average Bonchev–Trinajstić information content (AvgIpc) is 2.98. The lowest BCUT2D eigenvalue weighted by Gasteiger charge is -2.26. The van der Waals surface area contributed by atoms with Crippen molar-refractivity contribution in [3.8, 4) is 0 Å². The fourth-order valence-electron chi connectivity index (χ4n) is 4.09. The molecular weight excluding hydrogens is 692 g/mol. The summed E-state index contributed by atoms with van der Waals surface area (Å²) in [6.45, 7) is 4.23. The van der Waals surface area contributed by atoms with Gasteiger partial charge in [-0.2, -0.15) is 5.10 Å². The Balaban J connectivity index is 0.00000164. The molecule has 5 heteroatoms. The zero-order chi connectivity index (χ0) is 26.7. The number of para-hydroxylation sites is 2. The summed E-state index contributed by atoms with van der Waals surface area (Å²) in [5.74, 6) is 0. The minimum Gasteiger partial charge on any atom is -0.311 e. The molecule has 0 saturated carbocycles. The normalized spacial score (nSPS) is 10.5. The first-order valence-electron chi connectivity index (χ1n) is 12.3. The molecule has 0 unspecified atom stereocenters. The number of rotatable bonds is 7. The monoisotopic (exact) mass is 721 g/mol. The summed E-state index contributed by atoms with van der Waals surface area (Å²) in [5.41, 5.74) is 8.91. The number of hydrogen-bond donors (Lipinski definition) is 0. The lowest BCUT2D eigenvalue weighted by atomic mass is 10.1. The van der Waals surface area contributed by atoms with Gasteiger partial charge in [0.25, 0.3) is 0 Å². The fraction of sp³-hybridized carbons (Fsp3) is 0.0606. The maximum absolute atomic E-state index is 4.84. The molecule has 0 aliphatic rings. The first kappa shape index (κ1) is 27.9. The summed E-state index contributed by atoms with van der Waals surface area (Å²) < 4.78 is 0. The van der Waals surface area contributed by atoms with Gasteiger partial charge >= 0.3 is 0 Å². The maximum atomic E-state index is 4.84. The Kier molecular flexibility index (Phi) is 10.3. The summed E-state index contributed by atoms with van der Waals surface area (Å²) in [7, 11) is 0. The zero-order valence-electron chi connectivity index (χ0n) is 21.4. The molecule has 0 radical (unpaired) electrons. The highest BCUT2D eigenvalue weighted by Crippen LogP contribution is 2.34. The Bertz CT molecular complexity index is 1330. The summed E-state index contributed by atoms with van der Waals surface area (Å²) in [6, 6.07) is 46.2. The van der Waals surface area contributed by atoms with Crippen LogP contribution in [-0.2, 0) is 0 Å². The smallest absolute Gasteiger partial charge is 0.0652 e. The van der Waals surface area contributed by atoms with Gasteiger partial charge in [-0.15, -0.1) is 0 Å². The molecule has 3 nitrogen and oxygen atoms in total. The van der Waals surface area contributed by atoms with Gasteiger partial charge in [-0.1, -0.05) is 83.9 Å². The van der Waals surface area contributed by atoms with Crippen LogP contribution in [0.25, 0.3) is 0 Å². The quantitative estimate of drug-likeness (QED) is 0.0947. The molecule has 0 amide bonds. The van der Waals surface area contributed by atoms with Crippen LogP contribution in [0.15, 0.2) is 139 Å². The molecule has 0 saturated heterocycles. The minimum atomic E-state index is 1.02. The predicted molar refractivity (Wildman–Crippen MR) is 181 cm³/mol. The van der Waals surface area contributed by atoms with Crippen molar-refractivity contribution < 1.29 is 0 Å². The molecule has 0 aromatic heterocycles. The summed E-state index contributed by atoms with van der Waals surface area (Å²) in [6.07, 6.45) is 1.91. The molecule has 0 bridgehead atoms. The molecule has 0 fully saturated rings. The molecule has 0 atom stereocenters. The largest absolute Gasteiger partial charge is 0.311 e. The van der Waals surface area contributed by atoms with E-state index in [-0.39, 0.29) is 0 Å². The third-order valence-corrected chi connectivity index (χ3v) is 6.06. The number of benzene rings is 5. The van der Waals surface area contributed by atoms with Crippen LogP contribution in [0, 0.1) is 13.8 Å². The van der Waals surface area contributed by atoms with Crippen LogP contribution >= 0.6 is 37.2 Å². The molecule has 0 aliphatic heterocycles. The van der Waals surface area contributed by atoms with E-state index in [0.29, 0.717) is 0 Å². The second-order valence-electron chi connectivity index (χ2n) is 8.83. The number of aryl methyl sites for hydroxylation is 2. The van der Waals surface area contributed by atoms with Crippen LogP contribution < -0.4 is 9.91 Å². The highest BCUT2D eigenvalue weighted by Gasteiger charge is 2.12. The van der Waals surface area contributed by atoms with Crippen molar-refractivity contribution in [3.05, 3.63) is 150 Å². The summed E-state index contributed by atoms with van der Waals surface area (Å²) >= 11 is 4.24. The van der Waals surface area contributed by atoms with Crippen molar-refractivity contribution in [2.45, 2.75) is 13.8 Å². The van der Waals surface area contributed by atoms with E-state index in [4.69, 9.17) is 5.10 Å². The van der Waals surface area contributed by atoms with E-state index < -0.39 is 0 Å². The molecule has 5 aromatic carbocycles. The highest BCUT2D eigenvalue weighted by molar-refractivity contribution is 15.0. The molecule has 0 aliphatic carbocycles. The van der Waals surface area contributed by atoms with Crippen molar-refractivity contribution in [2.75, 3.05) is 9.91 Å². The van der Waals surface area contributed by atoms with Crippen molar-refractivity contribution in [3.63, 3.8) is 0 Å². The Morgan fingerprint density at radius 3 is 1.24 bits per heavy atom. The lowest BCUT2D eigenvalue weighted by molar-refractivity contribution is 1.09. The third kappa shape index (κ3) is 7.23. The maximum Gasteiger partial charge on any atom is 0.0652 e. The highest BCUT2D eigenvalue weighted by atomic mass is 128. The van der Waals surface area contributed by atoms with E-state index in [0.717, 1.165) is 34.0 Å². The van der Waals surface area contributed by atoms with Gasteiger partial charge in [0.1, 0.15) is 0 Å². The Labute approximate surface area is 249 Å². The van der Waals surface area contributed by atoms with Crippen molar-refractivity contribution >= 4 is 71.9 Å². The number of nitrogens with zero attached hydrogens (tertiary/aromatic N) is 3. The molecular formula is C33H29I2N3. The predicted octanol–water partition coefficient (Wildman–Crippen LogP) is 10.7. The average molecular weight is 721 g/mol. The number of halogens is 2. The summed E-state index contributed by atoms with van der Waals surface area (Å²) in [5, 5.41) is 6.80. The van der Waals surface area contributed by atoms with Gasteiger partial charge in [-0.3, -0.25) is 0 Å². The number of hydrogen-bond acceptors (Lipinski definition) is 3. The van der Waals surface area contributed by atoms with Gasteiger partial charge < -0.3 is 4.90 Å². The van der Waals surface area contributed by atoms with Gasteiger partial charge in [0, 0.05) is 54.3 Å². The molecule has 5 aromatic rings. The van der Waals surface area contributed by atoms with Crippen molar-refractivity contribution in [2.24, 2.45) is 5.10 Å². The van der Waals surface area contributed by atoms with E-state index in [1.807, 2.05) is 47.6 Å². The number of hydrazone groups is 1. The zero-order valence-corrected chi connectivity index (χ0v) is 25.7. The molecule has 5 rings (SSSR count). The van der Waals surface area contributed by atoms with E-state index in [2.05, 4.69) is 153 Å². The van der Waals surface area contributed by atoms with Crippen LogP contribution in [0.4, 0.5) is 28.4 Å². The molecule has 0 spiro atoms. The molecule has 0 heterocycles. The van der Waals surface area contributed by atoms with Crippen LogP contribution in [0.3, 0.4) is 0 Å². The Morgan fingerprint density at radius 1 is 0.474 bits per heavy atom. The van der Waals surface area contributed by atoms with Gasteiger partial charge in [0.05, 0.1) is 17.6 Å². The number of anilines is 5. The SMILES string of the molecule is Cc1ccc(N(c2ccc(C)cc2)c2ccc(/C=N/N(c3ccccc3)c3ccccc3)cc2)cc1.II. The third-order valence-electron chi connectivity index (χ3n) is 6.06. The Morgan fingerprint density at radius 2 is 0.842 bits per heavy atom. The van der Waals surface area contributed by atoms with Crippen LogP contribution in [-0.4, -0.2) is 6.21 Å². The van der Waals surface area contributed by atoms with Crippen LogP contribution in [0.5, 0.6) is 0 Å². The second kappa shape index (κ2) is 14.1. The van der Waals surface area contributed by atoms with Gasteiger partial charge in [-0.25, -0.2) is 5.01 Å². The summed E-state index contributed by atoms with van der Waals surface area (Å²) in [4.78, 5) is 2.28. The second-order valence-corrected chi connectivity index (χ2v) is 8.83. The lowest BCUT2D eigenvalue weighted by Crippen LogP contribution is -2.10. The minimum absolute atomic E-state index is 1.02. The van der Waals surface area contributed by atoms with Gasteiger partial charge in [0.2, 0.25) is 0 Å². The van der Waals surface area contributed by atoms with Gasteiger partial charge in [-0.05, 0) is 80.1 Å². The van der Waals surface area contributed by atoms with Crippen LogP contribution in [0.1, 0.15) is 16.7 Å². The van der Waals surface area contributed by atoms with Crippen LogP contribution in [0.2, 0.25) is 0 Å². The standard InChI is InChI=1S/C33H29N3.I2/c1-26-13-19-29(20-14-26)35(30-21-15-27(2)16-22-30)31-23-17-28(18-24-31)25-34-36(32-9-5-3-6-10-32)33-11-7-4-8-12-33;1-2/h3-25H,1-2H3;/b34-25+;. The topological polar surface area (TPSA) is 18.8 Å². The van der Waals surface area contributed by atoms with E-state index >= 15 is 0 Å². The van der Waals surface area contributed by atoms with E-state index in [9.17, 15) is 0 Å². The first-order valence-corrected chi connectivity index (χ1v) is 18.6. The Hall–Kier alpha value is -3.17. The van der Waals surface area contributed by atoms with Crippen molar-refractivity contribution in [1.29, 1.82) is 0 Å². The van der Waals surface area contributed by atoms with E-state index in [1.165, 1.54) is 11.1 Å². The van der Waals surface area contributed by atoms with Gasteiger partial charge in [0.15, 0.2) is 0 Å². The molecule has 38 heavy (non-hydrogen) atoms. The van der Waals surface area contributed by atoms with Crippen molar-refractivity contribution in [1.82, 2.24) is 0 Å².